The Morgan fingerprint density at radius 2 is 1.79 bits per heavy atom. The maximum atomic E-state index is 12.6. The fourth-order valence-electron chi connectivity index (χ4n) is 2.25. The molecule has 2 N–H and O–H groups in total. The molecule has 1 aromatic heterocycles. The van der Waals surface area contributed by atoms with Gasteiger partial charge < -0.3 is 0 Å². The lowest BCUT2D eigenvalue weighted by Crippen LogP contribution is -2.19. The molecule has 0 aliphatic heterocycles. The first-order valence-corrected chi connectivity index (χ1v) is 9.92. The summed E-state index contributed by atoms with van der Waals surface area (Å²) < 4.78 is 27.6. The van der Waals surface area contributed by atoms with Crippen LogP contribution in [0.3, 0.4) is 0 Å². The number of anilines is 1. The summed E-state index contributed by atoms with van der Waals surface area (Å²) >= 11 is 5.87. The van der Waals surface area contributed by atoms with Gasteiger partial charge in [-0.3, -0.25) is 14.5 Å². The number of pyridine rings is 1. The number of hydrogen-bond donors (Lipinski definition) is 2. The summed E-state index contributed by atoms with van der Waals surface area (Å²) in [6, 6.07) is 15.4. The van der Waals surface area contributed by atoms with Gasteiger partial charge >= 0.3 is 0 Å². The van der Waals surface area contributed by atoms with Crippen LogP contribution in [0.1, 0.15) is 15.9 Å². The standard InChI is InChI=1S/C19H15ClN4O3S/c20-16-4-2-5-17(12-16)24-28(26,27)18-6-1-3-15(11-18)19(25)23-22-13-14-7-9-21-10-8-14/h1-13,24H,(H,23,25)/b22-13-. The van der Waals surface area contributed by atoms with Crippen molar-refractivity contribution in [1.82, 2.24) is 10.4 Å². The van der Waals surface area contributed by atoms with Crippen LogP contribution in [-0.4, -0.2) is 25.5 Å². The van der Waals surface area contributed by atoms with Crippen LogP contribution in [0.25, 0.3) is 0 Å². The van der Waals surface area contributed by atoms with Crippen molar-refractivity contribution < 1.29 is 13.2 Å². The van der Waals surface area contributed by atoms with Gasteiger partial charge in [-0.2, -0.15) is 5.10 Å². The predicted octanol–water partition coefficient (Wildman–Crippen LogP) is 3.30. The number of benzene rings is 2. The summed E-state index contributed by atoms with van der Waals surface area (Å²) in [6.45, 7) is 0. The van der Waals surface area contributed by atoms with E-state index in [2.05, 4.69) is 20.2 Å². The molecule has 0 aliphatic rings. The summed E-state index contributed by atoms with van der Waals surface area (Å²) in [5, 5.41) is 4.26. The van der Waals surface area contributed by atoms with Gasteiger partial charge in [0.05, 0.1) is 16.8 Å². The maximum Gasteiger partial charge on any atom is 0.271 e. The van der Waals surface area contributed by atoms with Gasteiger partial charge in [0.2, 0.25) is 0 Å². The largest absolute Gasteiger partial charge is 0.280 e. The zero-order chi connectivity index (χ0) is 20.0. The van der Waals surface area contributed by atoms with Crippen molar-refractivity contribution in [1.29, 1.82) is 0 Å². The van der Waals surface area contributed by atoms with Crippen molar-refractivity contribution in [2.45, 2.75) is 4.90 Å². The zero-order valence-corrected chi connectivity index (χ0v) is 16.0. The van der Waals surface area contributed by atoms with Crippen LogP contribution in [-0.2, 0) is 10.0 Å². The number of hydrazone groups is 1. The molecule has 0 aliphatic carbocycles. The molecule has 0 unspecified atom stereocenters. The SMILES string of the molecule is O=C(N/N=C\c1ccncc1)c1cccc(S(=O)(=O)Nc2cccc(Cl)c2)c1. The number of aromatic nitrogens is 1. The molecule has 3 aromatic rings. The van der Waals surface area contributed by atoms with Crippen LogP contribution >= 0.6 is 11.6 Å². The molecule has 0 radical (unpaired) electrons. The number of amides is 1. The topological polar surface area (TPSA) is 101 Å². The van der Waals surface area contributed by atoms with Gasteiger partial charge in [-0.05, 0) is 54.1 Å². The summed E-state index contributed by atoms with van der Waals surface area (Å²) in [4.78, 5) is 16.1. The van der Waals surface area contributed by atoms with Gasteiger partial charge in [-0.1, -0.05) is 23.7 Å². The van der Waals surface area contributed by atoms with Crippen LogP contribution in [0.2, 0.25) is 5.02 Å². The second kappa shape index (κ2) is 8.64. The Bertz CT molecular complexity index is 1120. The molecule has 0 saturated heterocycles. The smallest absolute Gasteiger partial charge is 0.271 e. The number of sulfonamides is 1. The minimum atomic E-state index is -3.88. The fourth-order valence-corrected chi connectivity index (χ4v) is 3.54. The molecule has 3 rings (SSSR count). The molecule has 0 spiro atoms. The number of halogens is 1. The van der Waals surface area contributed by atoms with Crippen molar-refractivity contribution in [2.24, 2.45) is 5.10 Å². The number of nitrogens with zero attached hydrogens (tertiary/aromatic N) is 2. The van der Waals surface area contributed by atoms with E-state index in [1.54, 1.807) is 42.7 Å². The monoisotopic (exact) mass is 414 g/mol. The molecule has 0 bridgehead atoms. The zero-order valence-electron chi connectivity index (χ0n) is 14.4. The van der Waals surface area contributed by atoms with E-state index in [9.17, 15) is 13.2 Å². The summed E-state index contributed by atoms with van der Waals surface area (Å²) in [6.07, 6.45) is 4.66. The van der Waals surface area contributed by atoms with E-state index >= 15 is 0 Å². The molecule has 0 atom stereocenters. The Morgan fingerprint density at radius 3 is 2.54 bits per heavy atom. The molecule has 0 saturated carbocycles. The first kappa shape index (κ1) is 19.5. The second-order valence-electron chi connectivity index (χ2n) is 5.62. The molecule has 9 heteroatoms. The van der Waals surface area contributed by atoms with E-state index in [4.69, 9.17) is 11.6 Å². The van der Waals surface area contributed by atoms with Gasteiger partial charge in [0.1, 0.15) is 0 Å². The summed E-state index contributed by atoms with van der Waals surface area (Å²) in [5.41, 5.74) is 3.60. The second-order valence-corrected chi connectivity index (χ2v) is 7.74. The Morgan fingerprint density at radius 1 is 1.04 bits per heavy atom. The lowest BCUT2D eigenvalue weighted by Gasteiger charge is -2.09. The van der Waals surface area contributed by atoms with Crippen molar-refractivity contribution in [3.63, 3.8) is 0 Å². The minimum Gasteiger partial charge on any atom is -0.280 e. The first-order valence-electron chi connectivity index (χ1n) is 8.06. The third kappa shape index (κ3) is 5.15. The van der Waals surface area contributed by atoms with Gasteiger partial charge in [0.25, 0.3) is 15.9 Å². The average molecular weight is 415 g/mol. The van der Waals surface area contributed by atoms with Crippen molar-refractivity contribution in [2.75, 3.05) is 4.72 Å². The van der Waals surface area contributed by atoms with Crippen LogP contribution in [0.4, 0.5) is 5.69 Å². The number of rotatable bonds is 6. The lowest BCUT2D eigenvalue weighted by atomic mass is 10.2. The molecule has 28 heavy (non-hydrogen) atoms. The summed E-state index contributed by atoms with van der Waals surface area (Å²) in [7, 11) is -3.88. The quantitative estimate of drug-likeness (QED) is 0.477. The van der Waals surface area contributed by atoms with Crippen molar-refractivity contribution in [3.8, 4) is 0 Å². The highest BCUT2D eigenvalue weighted by atomic mass is 35.5. The van der Waals surface area contributed by atoms with Gasteiger partial charge in [-0.15, -0.1) is 0 Å². The molecular formula is C19H15ClN4O3S. The van der Waals surface area contributed by atoms with Gasteiger partial charge in [0, 0.05) is 23.0 Å². The first-order chi connectivity index (χ1) is 13.4. The highest BCUT2D eigenvalue weighted by molar-refractivity contribution is 7.92. The summed E-state index contributed by atoms with van der Waals surface area (Å²) in [5.74, 6) is -0.537. The van der Waals surface area contributed by atoms with Crippen LogP contribution in [0.15, 0.2) is 83.1 Å². The lowest BCUT2D eigenvalue weighted by molar-refractivity contribution is 0.0955. The molecule has 2 aromatic carbocycles. The molecule has 1 amide bonds. The minimum absolute atomic E-state index is 0.0572. The Kier molecular flexibility index (Phi) is 6.03. The normalized spacial score (nSPS) is 11.3. The number of nitrogens with one attached hydrogen (secondary N) is 2. The fraction of sp³-hybridized carbons (Fsp3) is 0. The predicted molar refractivity (Wildman–Crippen MR) is 108 cm³/mol. The van der Waals surface area contributed by atoms with Gasteiger partial charge in [0.15, 0.2) is 0 Å². The molecular weight excluding hydrogens is 400 g/mol. The van der Waals surface area contributed by atoms with Crippen LogP contribution in [0, 0.1) is 0 Å². The van der Waals surface area contributed by atoms with Crippen LogP contribution < -0.4 is 10.1 Å². The number of carbonyl (C=O) groups excluding carboxylic acids is 1. The van der Waals surface area contributed by atoms with E-state index in [0.29, 0.717) is 10.7 Å². The van der Waals surface area contributed by atoms with Gasteiger partial charge in [-0.25, -0.2) is 13.8 Å². The molecule has 0 fully saturated rings. The van der Waals surface area contributed by atoms with E-state index in [1.807, 2.05) is 0 Å². The Hall–Kier alpha value is -3.23. The molecule has 7 nitrogen and oxygen atoms in total. The third-order valence-electron chi connectivity index (χ3n) is 3.57. The molecule has 142 valence electrons. The highest BCUT2D eigenvalue weighted by Gasteiger charge is 2.16. The molecule has 1 heterocycles. The van der Waals surface area contributed by atoms with E-state index in [1.165, 1.54) is 36.5 Å². The average Bonchev–Trinajstić information content (AvgIpc) is 2.68. The third-order valence-corrected chi connectivity index (χ3v) is 5.18. The van der Waals surface area contributed by atoms with E-state index < -0.39 is 15.9 Å². The Balaban J connectivity index is 1.73. The Labute approximate surface area is 167 Å². The van der Waals surface area contributed by atoms with Crippen LogP contribution in [0.5, 0.6) is 0 Å². The number of carbonyl (C=O) groups is 1. The van der Waals surface area contributed by atoms with Crippen molar-refractivity contribution >= 4 is 39.4 Å². The van der Waals surface area contributed by atoms with Crippen molar-refractivity contribution in [3.05, 3.63) is 89.2 Å². The van der Waals surface area contributed by atoms with E-state index in [-0.39, 0.29) is 10.5 Å². The number of hydrogen-bond acceptors (Lipinski definition) is 5. The maximum absolute atomic E-state index is 12.6. The highest BCUT2D eigenvalue weighted by Crippen LogP contribution is 2.20. The van der Waals surface area contributed by atoms with E-state index in [0.717, 1.165) is 5.56 Å².